The first-order valence-electron chi connectivity index (χ1n) is 8.03. The SMILES string of the molecule is CCc1cccc(CC)c1NC(=O)CNS(=O)(=O)c1ccc(F)cc1. The van der Waals surface area contributed by atoms with E-state index >= 15 is 0 Å². The number of para-hydroxylation sites is 1. The van der Waals surface area contributed by atoms with Crippen molar-refractivity contribution in [2.45, 2.75) is 31.6 Å². The Labute approximate surface area is 147 Å². The molecule has 0 aliphatic rings. The van der Waals surface area contributed by atoms with E-state index in [0.717, 1.165) is 53.9 Å². The number of hydrogen-bond acceptors (Lipinski definition) is 3. The Balaban J connectivity index is 2.07. The summed E-state index contributed by atoms with van der Waals surface area (Å²) in [6, 6.07) is 10.2. The van der Waals surface area contributed by atoms with E-state index in [2.05, 4.69) is 10.0 Å². The molecule has 0 spiro atoms. The second-order valence-corrected chi connectivity index (χ2v) is 7.25. The van der Waals surface area contributed by atoms with E-state index in [4.69, 9.17) is 0 Å². The van der Waals surface area contributed by atoms with Gasteiger partial charge in [-0.2, -0.15) is 0 Å². The number of amides is 1. The Morgan fingerprint density at radius 3 is 2.08 bits per heavy atom. The van der Waals surface area contributed by atoms with E-state index in [1.807, 2.05) is 32.0 Å². The third-order valence-corrected chi connectivity index (χ3v) is 5.23. The second-order valence-electron chi connectivity index (χ2n) is 5.49. The number of benzene rings is 2. The minimum atomic E-state index is -3.87. The first kappa shape index (κ1) is 19.1. The fourth-order valence-electron chi connectivity index (χ4n) is 2.44. The van der Waals surface area contributed by atoms with E-state index < -0.39 is 28.3 Å². The first-order chi connectivity index (χ1) is 11.9. The van der Waals surface area contributed by atoms with Crippen molar-refractivity contribution in [3.05, 3.63) is 59.4 Å². The Morgan fingerprint density at radius 2 is 1.56 bits per heavy atom. The van der Waals surface area contributed by atoms with Crippen LogP contribution >= 0.6 is 0 Å². The number of hydrogen-bond donors (Lipinski definition) is 2. The largest absolute Gasteiger partial charge is 0.324 e. The number of halogens is 1. The highest BCUT2D eigenvalue weighted by atomic mass is 32.2. The molecule has 0 aliphatic carbocycles. The van der Waals surface area contributed by atoms with Crippen LogP contribution in [0.2, 0.25) is 0 Å². The molecule has 0 aliphatic heterocycles. The molecule has 25 heavy (non-hydrogen) atoms. The molecule has 5 nitrogen and oxygen atoms in total. The van der Waals surface area contributed by atoms with Gasteiger partial charge in [0.1, 0.15) is 5.82 Å². The summed E-state index contributed by atoms with van der Waals surface area (Å²) in [5.74, 6) is -0.985. The van der Waals surface area contributed by atoms with Crippen LogP contribution in [0.3, 0.4) is 0 Å². The zero-order chi connectivity index (χ0) is 18.4. The minimum Gasteiger partial charge on any atom is -0.324 e. The van der Waals surface area contributed by atoms with Crippen molar-refractivity contribution in [3.8, 4) is 0 Å². The summed E-state index contributed by atoms with van der Waals surface area (Å²) in [5.41, 5.74) is 2.72. The zero-order valence-electron chi connectivity index (χ0n) is 14.2. The van der Waals surface area contributed by atoms with Crippen LogP contribution < -0.4 is 10.0 Å². The molecule has 2 rings (SSSR count). The van der Waals surface area contributed by atoms with Crippen molar-refractivity contribution < 1.29 is 17.6 Å². The average Bonchev–Trinajstić information content (AvgIpc) is 2.60. The van der Waals surface area contributed by atoms with Gasteiger partial charge in [0.15, 0.2) is 0 Å². The van der Waals surface area contributed by atoms with E-state index in [1.165, 1.54) is 0 Å². The lowest BCUT2D eigenvalue weighted by Crippen LogP contribution is -2.33. The molecule has 0 aromatic heterocycles. The lowest BCUT2D eigenvalue weighted by atomic mass is 10.0. The molecule has 2 N–H and O–H groups in total. The van der Waals surface area contributed by atoms with Crippen LogP contribution in [-0.2, 0) is 27.7 Å². The summed E-state index contributed by atoms with van der Waals surface area (Å²) >= 11 is 0. The van der Waals surface area contributed by atoms with E-state index in [9.17, 15) is 17.6 Å². The number of rotatable bonds is 7. The number of nitrogens with one attached hydrogen (secondary N) is 2. The summed E-state index contributed by atoms with van der Waals surface area (Å²) < 4.78 is 39.4. The molecule has 0 fully saturated rings. The summed E-state index contributed by atoms with van der Waals surface area (Å²) in [5, 5.41) is 2.79. The standard InChI is InChI=1S/C18H21FN2O3S/c1-3-13-6-5-7-14(4-2)18(13)21-17(22)12-20-25(23,24)16-10-8-15(19)9-11-16/h5-11,20H,3-4,12H2,1-2H3,(H,21,22). The Hall–Kier alpha value is -2.25. The molecule has 134 valence electrons. The Bertz CT molecular complexity index is 827. The lowest BCUT2D eigenvalue weighted by molar-refractivity contribution is -0.115. The molecule has 0 saturated heterocycles. The molecule has 0 atom stereocenters. The summed E-state index contributed by atoms with van der Waals surface area (Å²) in [7, 11) is -3.87. The van der Waals surface area contributed by atoms with Gasteiger partial charge in [0, 0.05) is 5.69 Å². The number of aryl methyl sites for hydroxylation is 2. The average molecular weight is 364 g/mol. The summed E-state index contributed by atoms with van der Waals surface area (Å²) in [6.45, 7) is 3.57. The maximum Gasteiger partial charge on any atom is 0.241 e. The van der Waals surface area contributed by atoms with Gasteiger partial charge in [0.05, 0.1) is 11.4 Å². The molecule has 0 saturated carbocycles. The summed E-state index contributed by atoms with van der Waals surface area (Å²) in [6.07, 6.45) is 1.51. The maximum atomic E-state index is 12.9. The topological polar surface area (TPSA) is 75.3 Å². The predicted octanol–water partition coefficient (Wildman–Crippen LogP) is 2.87. The van der Waals surface area contributed by atoms with Crippen molar-refractivity contribution in [2.24, 2.45) is 0 Å². The zero-order valence-corrected chi connectivity index (χ0v) is 15.0. The van der Waals surface area contributed by atoms with Crippen LogP contribution in [0, 0.1) is 5.82 Å². The van der Waals surface area contributed by atoms with E-state index in [1.54, 1.807) is 0 Å². The molecule has 7 heteroatoms. The highest BCUT2D eigenvalue weighted by Gasteiger charge is 2.16. The highest BCUT2D eigenvalue weighted by molar-refractivity contribution is 7.89. The number of carbonyl (C=O) groups excluding carboxylic acids is 1. The van der Waals surface area contributed by atoms with Crippen LogP contribution in [0.4, 0.5) is 10.1 Å². The molecule has 0 unspecified atom stereocenters. The van der Waals surface area contributed by atoms with Gasteiger partial charge in [0.2, 0.25) is 15.9 Å². The van der Waals surface area contributed by atoms with Crippen LogP contribution in [0.5, 0.6) is 0 Å². The highest BCUT2D eigenvalue weighted by Crippen LogP contribution is 2.22. The van der Waals surface area contributed by atoms with Crippen LogP contribution in [0.15, 0.2) is 47.4 Å². The second kappa shape index (κ2) is 8.22. The fraction of sp³-hybridized carbons (Fsp3) is 0.278. The van der Waals surface area contributed by atoms with Gasteiger partial charge in [-0.25, -0.2) is 17.5 Å². The van der Waals surface area contributed by atoms with Gasteiger partial charge in [-0.3, -0.25) is 4.79 Å². The lowest BCUT2D eigenvalue weighted by Gasteiger charge is -2.14. The van der Waals surface area contributed by atoms with Gasteiger partial charge in [0.25, 0.3) is 0 Å². The van der Waals surface area contributed by atoms with E-state index in [0.29, 0.717) is 0 Å². The maximum absolute atomic E-state index is 12.9. The Kier molecular flexibility index (Phi) is 6.27. The van der Waals surface area contributed by atoms with E-state index in [-0.39, 0.29) is 4.90 Å². The first-order valence-corrected chi connectivity index (χ1v) is 9.51. The van der Waals surface area contributed by atoms with Gasteiger partial charge >= 0.3 is 0 Å². The normalized spacial score (nSPS) is 11.3. The van der Waals surface area contributed by atoms with Crippen molar-refractivity contribution in [2.75, 3.05) is 11.9 Å². The number of sulfonamides is 1. The van der Waals surface area contributed by atoms with Crippen molar-refractivity contribution >= 4 is 21.6 Å². The third-order valence-electron chi connectivity index (χ3n) is 3.81. The smallest absolute Gasteiger partial charge is 0.241 e. The van der Waals surface area contributed by atoms with Gasteiger partial charge < -0.3 is 5.32 Å². The minimum absolute atomic E-state index is 0.0927. The molecule has 2 aromatic carbocycles. The molecule has 0 radical (unpaired) electrons. The van der Waals surface area contributed by atoms with Crippen molar-refractivity contribution in [1.29, 1.82) is 0 Å². The predicted molar refractivity (Wildman–Crippen MR) is 95.4 cm³/mol. The Morgan fingerprint density at radius 1 is 1.00 bits per heavy atom. The molecular formula is C18H21FN2O3S. The number of anilines is 1. The van der Waals surface area contributed by atoms with Crippen LogP contribution in [-0.4, -0.2) is 20.9 Å². The van der Waals surface area contributed by atoms with Gasteiger partial charge in [-0.05, 0) is 48.2 Å². The van der Waals surface area contributed by atoms with Crippen LogP contribution in [0.25, 0.3) is 0 Å². The van der Waals surface area contributed by atoms with Crippen molar-refractivity contribution in [1.82, 2.24) is 4.72 Å². The third kappa shape index (κ3) is 4.87. The summed E-state index contributed by atoms with van der Waals surface area (Å²) in [4.78, 5) is 12.1. The molecule has 0 heterocycles. The van der Waals surface area contributed by atoms with Gasteiger partial charge in [-0.15, -0.1) is 0 Å². The fourth-order valence-corrected chi connectivity index (χ4v) is 3.43. The number of carbonyl (C=O) groups is 1. The molecular weight excluding hydrogens is 343 g/mol. The quantitative estimate of drug-likeness (QED) is 0.793. The van der Waals surface area contributed by atoms with Crippen molar-refractivity contribution in [3.63, 3.8) is 0 Å². The monoisotopic (exact) mass is 364 g/mol. The molecule has 0 bridgehead atoms. The van der Waals surface area contributed by atoms with Gasteiger partial charge in [-0.1, -0.05) is 32.0 Å². The molecule has 2 aromatic rings. The van der Waals surface area contributed by atoms with Crippen LogP contribution in [0.1, 0.15) is 25.0 Å². The molecule has 1 amide bonds.